The first-order valence-electron chi connectivity index (χ1n) is 9.53. The first-order chi connectivity index (χ1) is 12.5. The molecule has 8 heteroatoms. The molecule has 0 aromatic carbocycles. The van der Waals surface area contributed by atoms with E-state index in [1.807, 2.05) is 0 Å². The Morgan fingerprint density at radius 3 is 2.35 bits per heavy atom. The molecule has 2 atom stereocenters. The Balaban J connectivity index is 1.53. The third-order valence-electron chi connectivity index (χ3n) is 5.52. The zero-order chi connectivity index (χ0) is 18.7. The van der Waals surface area contributed by atoms with Crippen molar-refractivity contribution in [2.24, 2.45) is 11.8 Å². The molecule has 3 amide bonds. The summed E-state index contributed by atoms with van der Waals surface area (Å²) >= 11 is 1.39. The van der Waals surface area contributed by atoms with Crippen molar-refractivity contribution in [1.82, 2.24) is 15.1 Å². The number of hydrogen-bond acceptors (Lipinski definition) is 6. The van der Waals surface area contributed by atoms with Crippen molar-refractivity contribution in [3.8, 4) is 0 Å². The third-order valence-corrected chi connectivity index (χ3v) is 6.52. The van der Waals surface area contributed by atoms with Crippen LogP contribution in [0.25, 0.3) is 0 Å². The highest BCUT2D eigenvalue weighted by molar-refractivity contribution is 7.15. The summed E-state index contributed by atoms with van der Waals surface area (Å²) in [5, 5.41) is 12.3. The van der Waals surface area contributed by atoms with Crippen molar-refractivity contribution < 1.29 is 14.4 Å². The highest BCUT2D eigenvalue weighted by Gasteiger charge is 2.47. The lowest BCUT2D eigenvalue weighted by Gasteiger charge is -2.19. The van der Waals surface area contributed by atoms with Gasteiger partial charge in [-0.3, -0.25) is 19.3 Å². The van der Waals surface area contributed by atoms with Crippen LogP contribution in [-0.4, -0.2) is 39.4 Å². The predicted molar refractivity (Wildman–Crippen MR) is 98.6 cm³/mol. The molecule has 1 aliphatic heterocycles. The number of imide groups is 1. The molecule has 2 aliphatic rings. The second-order valence-corrected chi connectivity index (χ2v) is 8.09. The van der Waals surface area contributed by atoms with Gasteiger partial charge in [0.15, 0.2) is 0 Å². The van der Waals surface area contributed by atoms with E-state index in [0.29, 0.717) is 11.0 Å². The number of hydrogen-bond donors (Lipinski definition) is 1. The number of nitrogens with zero attached hydrogens (tertiary/aromatic N) is 3. The smallest absolute Gasteiger partial charge is 0.233 e. The van der Waals surface area contributed by atoms with Crippen LogP contribution in [0.1, 0.15) is 69.7 Å². The van der Waals surface area contributed by atoms with Gasteiger partial charge in [-0.1, -0.05) is 38.0 Å². The number of amides is 3. The van der Waals surface area contributed by atoms with Gasteiger partial charge in [0, 0.05) is 18.9 Å². The highest BCUT2D eigenvalue weighted by atomic mass is 32.1. The van der Waals surface area contributed by atoms with Crippen LogP contribution in [0.3, 0.4) is 0 Å². The predicted octanol–water partition coefficient (Wildman–Crippen LogP) is 2.95. The molecule has 1 aliphatic carbocycles. The molecule has 2 heterocycles. The van der Waals surface area contributed by atoms with Crippen LogP contribution in [-0.2, 0) is 14.4 Å². The van der Waals surface area contributed by atoms with E-state index in [-0.39, 0.29) is 42.5 Å². The molecule has 7 nitrogen and oxygen atoms in total. The minimum absolute atomic E-state index is 0.0941. The van der Waals surface area contributed by atoms with Crippen molar-refractivity contribution in [1.29, 1.82) is 0 Å². The van der Waals surface area contributed by atoms with Gasteiger partial charge in [0.05, 0.1) is 11.8 Å². The molecule has 3 rings (SSSR count). The fourth-order valence-electron chi connectivity index (χ4n) is 3.93. The minimum Gasteiger partial charge on any atom is -0.300 e. The summed E-state index contributed by atoms with van der Waals surface area (Å²) in [5.41, 5.74) is 0. The van der Waals surface area contributed by atoms with Crippen LogP contribution in [0.5, 0.6) is 0 Å². The molecule has 0 radical (unpaired) electrons. The molecule has 142 valence electrons. The summed E-state index contributed by atoms with van der Waals surface area (Å²) in [6.07, 6.45) is 5.66. The van der Waals surface area contributed by atoms with Gasteiger partial charge >= 0.3 is 0 Å². The van der Waals surface area contributed by atoms with E-state index in [0.717, 1.165) is 43.5 Å². The van der Waals surface area contributed by atoms with E-state index in [2.05, 4.69) is 29.4 Å². The number of nitrogens with one attached hydrogen (secondary N) is 1. The summed E-state index contributed by atoms with van der Waals surface area (Å²) in [6, 6.07) is 0. The Labute approximate surface area is 157 Å². The number of rotatable bonds is 7. The first-order valence-corrected chi connectivity index (χ1v) is 10.3. The molecule has 1 aromatic heterocycles. The summed E-state index contributed by atoms with van der Waals surface area (Å²) in [6.45, 7) is 4.36. The van der Waals surface area contributed by atoms with Gasteiger partial charge in [0.25, 0.3) is 0 Å². The van der Waals surface area contributed by atoms with Crippen molar-refractivity contribution in [2.75, 3.05) is 11.9 Å². The van der Waals surface area contributed by atoms with Crippen molar-refractivity contribution in [3.63, 3.8) is 0 Å². The zero-order valence-corrected chi connectivity index (χ0v) is 16.2. The fourth-order valence-corrected chi connectivity index (χ4v) is 4.96. The summed E-state index contributed by atoms with van der Waals surface area (Å²) in [7, 11) is 0. The molecule has 0 bridgehead atoms. The highest BCUT2D eigenvalue weighted by Crippen LogP contribution is 2.38. The molecule has 0 spiro atoms. The Hall–Kier alpha value is -1.83. The lowest BCUT2D eigenvalue weighted by Crippen LogP contribution is -2.34. The molecule has 26 heavy (non-hydrogen) atoms. The van der Waals surface area contributed by atoms with Gasteiger partial charge in [-0.15, -0.1) is 10.2 Å². The number of carbonyl (C=O) groups is 3. The largest absolute Gasteiger partial charge is 0.300 e. The second-order valence-electron chi connectivity index (χ2n) is 7.08. The molecule has 2 fully saturated rings. The van der Waals surface area contributed by atoms with E-state index in [4.69, 9.17) is 0 Å². The van der Waals surface area contributed by atoms with Gasteiger partial charge in [-0.25, -0.2) is 0 Å². The van der Waals surface area contributed by atoms with Gasteiger partial charge < -0.3 is 5.32 Å². The van der Waals surface area contributed by atoms with Crippen LogP contribution in [0.4, 0.5) is 5.13 Å². The molecule has 1 saturated carbocycles. The van der Waals surface area contributed by atoms with Crippen molar-refractivity contribution in [3.05, 3.63) is 5.01 Å². The molecule has 1 aromatic rings. The molecule has 2 unspecified atom stereocenters. The standard InChI is InChI=1S/C18H26N4O3S/c1-3-11(4-2)15-20-21-18(26-15)19-14(23)9-10-22-16(24)12-7-5-6-8-13(12)17(22)25/h11-13H,3-10H2,1-2H3,(H,19,21,23). The summed E-state index contributed by atoms with van der Waals surface area (Å²) in [4.78, 5) is 38.3. The topological polar surface area (TPSA) is 92.3 Å². The van der Waals surface area contributed by atoms with Crippen LogP contribution >= 0.6 is 11.3 Å². The van der Waals surface area contributed by atoms with Crippen LogP contribution < -0.4 is 5.32 Å². The van der Waals surface area contributed by atoms with Gasteiger partial charge in [-0.2, -0.15) is 0 Å². The summed E-state index contributed by atoms with van der Waals surface area (Å²) < 4.78 is 0. The zero-order valence-electron chi connectivity index (χ0n) is 15.4. The maximum absolute atomic E-state index is 12.4. The lowest BCUT2D eigenvalue weighted by molar-refractivity contribution is -0.140. The van der Waals surface area contributed by atoms with Crippen LogP contribution in [0.15, 0.2) is 0 Å². The number of anilines is 1. The molecule has 1 N–H and O–H groups in total. The van der Waals surface area contributed by atoms with E-state index in [1.54, 1.807) is 0 Å². The Morgan fingerprint density at radius 2 is 1.77 bits per heavy atom. The average Bonchev–Trinajstić information content (AvgIpc) is 3.19. The minimum atomic E-state index is -0.243. The van der Waals surface area contributed by atoms with Gasteiger partial charge in [0.2, 0.25) is 22.9 Å². The second kappa shape index (κ2) is 8.24. The molecular weight excluding hydrogens is 352 g/mol. The fraction of sp³-hybridized carbons (Fsp3) is 0.722. The monoisotopic (exact) mass is 378 g/mol. The van der Waals surface area contributed by atoms with Crippen molar-refractivity contribution in [2.45, 2.75) is 64.7 Å². The van der Waals surface area contributed by atoms with Gasteiger partial charge in [-0.05, 0) is 25.7 Å². The Kier molecular flexibility index (Phi) is 6.01. The van der Waals surface area contributed by atoms with Gasteiger partial charge in [0.1, 0.15) is 5.01 Å². The Morgan fingerprint density at radius 1 is 1.15 bits per heavy atom. The molecular formula is C18H26N4O3S. The molecule has 1 saturated heterocycles. The average molecular weight is 378 g/mol. The quantitative estimate of drug-likeness (QED) is 0.737. The van der Waals surface area contributed by atoms with Crippen LogP contribution in [0.2, 0.25) is 0 Å². The lowest BCUT2D eigenvalue weighted by atomic mass is 9.81. The van der Waals surface area contributed by atoms with Crippen molar-refractivity contribution >= 4 is 34.2 Å². The Bertz CT molecular complexity index is 662. The number of aromatic nitrogens is 2. The first kappa shape index (κ1) is 18.9. The SMILES string of the molecule is CCC(CC)c1nnc(NC(=O)CCN2C(=O)C3CCCCC3C2=O)s1. The number of fused-ring (bicyclic) bond motifs is 1. The maximum Gasteiger partial charge on any atom is 0.233 e. The number of likely N-dealkylation sites (tertiary alicyclic amines) is 1. The third kappa shape index (κ3) is 3.79. The van der Waals surface area contributed by atoms with E-state index in [9.17, 15) is 14.4 Å². The summed E-state index contributed by atoms with van der Waals surface area (Å²) in [5.74, 6) is -0.400. The van der Waals surface area contributed by atoms with Crippen LogP contribution in [0, 0.1) is 11.8 Å². The van der Waals surface area contributed by atoms with E-state index < -0.39 is 0 Å². The normalized spacial score (nSPS) is 22.8. The maximum atomic E-state index is 12.4. The number of carbonyl (C=O) groups excluding carboxylic acids is 3. The van der Waals surface area contributed by atoms with E-state index in [1.165, 1.54) is 16.2 Å². The van der Waals surface area contributed by atoms with E-state index >= 15 is 0 Å².